The van der Waals surface area contributed by atoms with Gasteiger partial charge in [-0.2, -0.15) is 0 Å². The molecule has 0 aliphatic carbocycles. The van der Waals surface area contributed by atoms with E-state index in [1.807, 2.05) is 42.1 Å². The molecule has 9 nitrogen and oxygen atoms in total. The zero-order valence-corrected chi connectivity index (χ0v) is 20.3. The Morgan fingerprint density at radius 2 is 1.76 bits per heavy atom. The summed E-state index contributed by atoms with van der Waals surface area (Å²) >= 11 is 0. The largest absolute Gasteiger partial charge is 0.461 e. The van der Waals surface area contributed by atoms with Crippen molar-refractivity contribution >= 4 is 24.8 Å². The van der Waals surface area contributed by atoms with E-state index < -0.39 is 13.0 Å². The van der Waals surface area contributed by atoms with Crippen LogP contribution in [0.2, 0.25) is 6.82 Å². The van der Waals surface area contributed by atoms with E-state index in [2.05, 4.69) is 14.9 Å². The van der Waals surface area contributed by atoms with Crippen LogP contribution in [0.4, 0.5) is 5.82 Å². The van der Waals surface area contributed by atoms with Crippen LogP contribution in [0.5, 0.6) is 0 Å². The second-order valence-electron chi connectivity index (χ2n) is 8.82. The maximum Gasteiger partial charge on any atom is 0.376 e. The molecule has 1 aliphatic heterocycles. The van der Waals surface area contributed by atoms with Gasteiger partial charge < -0.3 is 24.2 Å². The fourth-order valence-corrected chi connectivity index (χ4v) is 3.98. The van der Waals surface area contributed by atoms with Gasteiger partial charge in [-0.05, 0) is 32.2 Å². The molecule has 2 aromatic rings. The van der Waals surface area contributed by atoms with Crippen molar-refractivity contribution < 1.29 is 24.1 Å². The molecule has 182 valence electrons. The molecule has 1 N–H and O–H groups in total. The van der Waals surface area contributed by atoms with Gasteiger partial charge in [0.05, 0.1) is 12.5 Å². The number of nitrogens with zero attached hydrogens (tertiary/aromatic N) is 4. The van der Waals surface area contributed by atoms with Crippen LogP contribution in [-0.4, -0.2) is 71.1 Å². The number of esters is 2. The molecule has 0 spiro atoms. The molecule has 34 heavy (non-hydrogen) atoms. The van der Waals surface area contributed by atoms with Crippen molar-refractivity contribution in [3.63, 3.8) is 0 Å². The number of ether oxygens (including phenoxy) is 2. The highest BCUT2D eigenvalue weighted by molar-refractivity contribution is 6.45. The minimum absolute atomic E-state index is 0.0722. The van der Waals surface area contributed by atoms with Crippen LogP contribution in [0.1, 0.15) is 54.7 Å². The first-order valence-corrected chi connectivity index (χ1v) is 11.7. The molecule has 10 heteroatoms. The summed E-state index contributed by atoms with van der Waals surface area (Å²) < 4.78 is 10.9. The number of benzene rings is 1. The maximum absolute atomic E-state index is 12.9. The Kier molecular flexibility index (Phi) is 9.01. The summed E-state index contributed by atoms with van der Waals surface area (Å²) in [5.74, 6) is -0.669. The minimum atomic E-state index is -0.541. The van der Waals surface area contributed by atoms with E-state index in [-0.39, 0.29) is 36.7 Å². The van der Waals surface area contributed by atoms with Gasteiger partial charge in [0.15, 0.2) is 5.69 Å². The van der Waals surface area contributed by atoms with Gasteiger partial charge in [-0.15, -0.1) is 0 Å². The molecule has 1 aromatic carbocycles. The Morgan fingerprint density at radius 3 is 2.38 bits per heavy atom. The standard InChI is InChI=1S/C24H33BN4O5/c1-17(2)34-24(31)22-21(18(3)14-20(30)33-15-19-8-6-5-7-9-19)23(27-16-26-22)28-10-12-29(13-11-28)25(4)32/h5-9,16-18,32H,10-15H2,1-4H3/t18-/m1/s1. The summed E-state index contributed by atoms with van der Waals surface area (Å²) in [7, 11) is -0.526. The van der Waals surface area contributed by atoms with Crippen LogP contribution in [0, 0.1) is 0 Å². The molecule has 1 fully saturated rings. The van der Waals surface area contributed by atoms with Gasteiger partial charge in [0, 0.05) is 31.7 Å². The Labute approximate surface area is 201 Å². The second-order valence-corrected chi connectivity index (χ2v) is 8.82. The average Bonchev–Trinajstić information content (AvgIpc) is 2.82. The first-order chi connectivity index (χ1) is 16.3. The zero-order chi connectivity index (χ0) is 24.7. The molecule has 1 aromatic heterocycles. The molecule has 0 amide bonds. The average molecular weight is 468 g/mol. The van der Waals surface area contributed by atoms with Crippen molar-refractivity contribution in [2.24, 2.45) is 0 Å². The molecule has 0 radical (unpaired) electrons. The van der Waals surface area contributed by atoms with E-state index in [9.17, 15) is 14.6 Å². The number of piperazine rings is 1. The van der Waals surface area contributed by atoms with Gasteiger partial charge in [-0.3, -0.25) is 4.79 Å². The summed E-state index contributed by atoms with van der Waals surface area (Å²) in [6, 6.07) is 9.48. The number of hydrogen-bond donors (Lipinski definition) is 1. The summed E-state index contributed by atoms with van der Waals surface area (Å²) in [6.45, 7) is 9.91. The molecule has 1 aliphatic rings. The number of carbonyl (C=O) groups excluding carboxylic acids is 2. The summed E-state index contributed by atoms with van der Waals surface area (Å²) in [5.41, 5.74) is 1.65. The molecule has 3 rings (SSSR count). The molecule has 2 heterocycles. The second kappa shape index (κ2) is 11.9. The van der Waals surface area contributed by atoms with Gasteiger partial charge in [-0.1, -0.05) is 37.3 Å². The SMILES string of the molecule is CB(O)N1CCN(c2ncnc(C(=O)OC(C)C)c2[C@H](C)CC(=O)OCc2ccccc2)CC1. The summed E-state index contributed by atoms with van der Waals surface area (Å²) in [5, 5.41) is 9.88. The van der Waals surface area contributed by atoms with Crippen LogP contribution >= 0.6 is 0 Å². The molecular weight excluding hydrogens is 435 g/mol. The minimum Gasteiger partial charge on any atom is -0.461 e. The van der Waals surface area contributed by atoms with E-state index in [0.29, 0.717) is 37.6 Å². The molecule has 0 bridgehead atoms. The molecule has 0 saturated carbocycles. The van der Waals surface area contributed by atoms with E-state index >= 15 is 0 Å². The molecule has 0 unspecified atom stereocenters. The first-order valence-electron chi connectivity index (χ1n) is 11.7. The van der Waals surface area contributed by atoms with E-state index in [1.165, 1.54) is 6.33 Å². The lowest BCUT2D eigenvalue weighted by Crippen LogP contribution is -2.52. The van der Waals surface area contributed by atoms with Gasteiger partial charge in [0.25, 0.3) is 0 Å². The zero-order valence-electron chi connectivity index (χ0n) is 20.3. The van der Waals surface area contributed by atoms with Crippen molar-refractivity contribution in [1.82, 2.24) is 14.8 Å². The smallest absolute Gasteiger partial charge is 0.376 e. The third-order valence-corrected chi connectivity index (χ3v) is 5.75. The summed E-state index contributed by atoms with van der Waals surface area (Å²) in [6.07, 6.45) is 1.12. The quantitative estimate of drug-likeness (QED) is 0.439. The monoisotopic (exact) mass is 468 g/mol. The molecule has 1 atom stereocenters. The van der Waals surface area contributed by atoms with E-state index in [1.54, 1.807) is 20.7 Å². The lowest BCUT2D eigenvalue weighted by Gasteiger charge is -2.37. The van der Waals surface area contributed by atoms with Gasteiger partial charge in [-0.25, -0.2) is 14.8 Å². The van der Waals surface area contributed by atoms with E-state index in [0.717, 1.165) is 5.56 Å². The Morgan fingerprint density at radius 1 is 1.09 bits per heavy atom. The van der Waals surface area contributed by atoms with Crippen LogP contribution < -0.4 is 4.90 Å². The fourth-order valence-electron chi connectivity index (χ4n) is 3.98. The fraction of sp³-hybridized carbons (Fsp3) is 0.500. The number of hydrogen-bond acceptors (Lipinski definition) is 9. The van der Waals surface area contributed by atoms with Crippen molar-refractivity contribution in [3.05, 3.63) is 53.5 Å². The van der Waals surface area contributed by atoms with Crippen LogP contribution in [-0.2, 0) is 20.9 Å². The highest BCUT2D eigenvalue weighted by atomic mass is 16.5. The van der Waals surface area contributed by atoms with Crippen LogP contribution in [0.3, 0.4) is 0 Å². The number of rotatable bonds is 9. The van der Waals surface area contributed by atoms with Crippen molar-refractivity contribution in [2.45, 2.75) is 52.6 Å². The Bertz CT molecular complexity index is 965. The lowest BCUT2D eigenvalue weighted by molar-refractivity contribution is -0.145. The predicted octanol–water partition coefficient (Wildman–Crippen LogP) is 2.51. The van der Waals surface area contributed by atoms with Crippen molar-refractivity contribution in [3.8, 4) is 0 Å². The highest BCUT2D eigenvalue weighted by Gasteiger charge is 2.30. The lowest BCUT2D eigenvalue weighted by atomic mass is 9.84. The van der Waals surface area contributed by atoms with Crippen LogP contribution in [0.25, 0.3) is 0 Å². The van der Waals surface area contributed by atoms with Crippen molar-refractivity contribution in [1.29, 1.82) is 0 Å². The topological polar surface area (TPSA) is 105 Å². The number of anilines is 1. The third-order valence-electron chi connectivity index (χ3n) is 5.75. The predicted molar refractivity (Wildman–Crippen MR) is 129 cm³/mol. The number of carbonyl (C=O) groups is 2. The molecular formula is C24H33BN4O5. The van der Waals surface area contributed by atoms with E-state index in [4.69, 9.17) is 9.47 Å². The Hall–Kier alpha value is -2.98. The first kappa shape index (κ1) is 25.6. The Balaban J connectivity index is 1.81. The van der Waals surface area contributed by atoms with Gasteiger partial charge >= 0.3 is 19.0 Å². The van der Waals surface area contributed by atoms with Gasteiger partial charge in [0.1, 0.15) is 18.8 Å². The van der Waals surface area contributed by atoms with Gasteiger partial charge in [0.2, 0.25) is 0 Å². The third kappa shape index (κ3) is 6.77. The normalized spacial score (nSPS) is 15.2. The van der Waals surface area contributed by atoms with Crippen molar-refractivity contribution in [2.75, 3.05) is 31.1 Å². The summed E-state index contributed by atoms with van der Waals surface area (Å²) in [4.78, 5) is 38.3. The van der Waals surface area contributed by atoms with Crippen LogP contribution in [0.15, 0.2) is 36.7 Å². The molecule has 1 saturated heterocycles. The number of aromatic nitrogens is 2. The highest BCUT2D eigenvalue weighted by Crippen LogP contribution is 2.32. The maximum atomic E-state index is 12.9.